The van der Waals surface area contributed by atoms with Crippen molar-refractivity contribution < 1.29 is 9.47 Å². The second kappa shape index (κ2) is 5.85. The molecule has 1 unspecified atom stereocenters. The van der Waals surface area contributed by atoms with Crippen LogP contribution in [0.1, 0.15) is 20.8 Å². The van der Waals surface area contributed by atoms with Gasteiger partial charge in [0.2, 0.25) is 0 Å². The van der Waals surface area contributed by atoms with Gasteiger partial charge in [-0.25, -0.2) is 0 Å². The Kier molecular flexibility index (Phi) is 4.70. The molecule has 0 aliphatic rings. The zero-order valence-corrected chi connectivity index (χ0v) is 12.2. The van der Waals surface area contributed by atoms with Gasteiger partial charge in [-0.05, 0) is 12.8 Å². The van der Waals surface area contributed by atoms with Crippen LogP contribution in [-0.4, -0.2) is 27.3 Å². The zero-order chi connectivity index (χ0) is 13.9. The molecule has 0 saturated heterocycles. The van der Waals surface area contributed by atoms with Crippen LogP contribution in [0.4, 0.5) is 11.4 Å². The third-order valence-electron chi connectivity index (χ3n) is 3.49. The van der Waals surface area contributed by atoms with Gasteiger partial charge in [0.05, 0.1) is 25.6 Å². The molecule has 2 N–H and O–H groups in total. The Morgan fingerprint density at radius 3 is 2.00 bits per heavy atom. The quantitative estimate of drug-likeness (QED) is 0.819. The fourth-order valence-corrected chi connectivity index (χ4v) is 1.86. The fraction of sp³-hybridized carbons (Fsp3) is 0.571. The number of nitrogen functional groups attached to an aromatic ring is 1. The van der Waals surface area contributed by atoms with Crippen molar-refractivity contribution in [3.8, 4) is 11.5 Å². The van der Waals surface area contributed by atoms with Crippen molar-refractivity contribution in [2.75, 3.05) is 31.9 Å². The van der Waals surface area contributed by atoms with Gasteiger partial charge in [0.1, 0.15) is 0 Å². The van der Waals surface area contributed by atoms with Crippen LogP contribution in [0.15, 0.2) is 12.1 Å². The first-order valence-corrected chi connectivity index (χ1v) is 6.16. The fourth-order valence-electron chi connectivity index (χ4n) is 1.86. The summed E-state index contributed by atoms with van der Waals surface area (Å²) in [6, 6.07) is 4.12. The van der Waals surface area contributed by atoms with Gasteiger partial charge in [0.15, 0.2) is 11.5 Å². The standard InChI is InChI=1S/C14H24N2O2/c1-9(2)10(3)16(4)12-8-14(18-6)13(17-5)7-11(12)15/h7-10H,15H2,1-6H3. The number of nitrogens with zero attached hydrogens (tertiary/aromatic N) is 1. The van der Waals surface area contributed by atoms with E-state index < -0.39 is 0 Å². The summed E-state index contributed by atoms with van der Waals surface area (Å²) in [5.41, 5.74) is 7.75. The monoisotopic (exact) mass is 252 g/mol. The van der Waals surface area contributed by atoms with Gasteiger partial charge in [-0.15, -0.1) is 0 Å². The van der Waals surface area contributed by atoms with Crippen molar-refractivity contribution in [1.29, 1.82) is 0 Å². The van der Waals surface area contributed by atoms with Crippen molar-refractivity contribution in [2.24, 2.45) is 5.92 Å². The second-order valence-electron chi connectivity index (χ2n) is 4.86. The average Bonchev–Trinajstić information content (AvgIpc) is 2.36. The van der Waals surface area contributed by atoms with Crippen molar-refractivity contribution in [1.82, 2.24) is 0 Å². The molecule has 0 fully saturated rings. The molecule has 1 aromatic rings. The van der Waals surface area contributed by atoms with Crippen molar-refractivity contribution in [3.63, 3.8) is 0 Å². The van der Waals surface area contributed by atoms with Crippen LogP contribution in [0.5, 0.6) is 11.5 Å². The maximum absolute atomic E-state index is 6.08. The molecule has 4 heteroatoms. The van der Waals surface area contributed by atoms with E-state index in [1.54, 1.807) is 20.3 Å². The Hall–Kier alpha value is -1.58. The lowest BCUT2D eigenvalue weighted by atomic mass is 10.0. The smallest absolute Gasteiger partial charge is 0.162 e. The Morgan fingerprint density at radius 1 is 1.06 bits per heavy atom. The van der Waals surface area contributed by atoms with Gasteiger partial charge in [-0.2, -0.15) is 0 Å². The number of anilines is 2. The minimum Gasteiger partial charge on any atom is -0.493 e. The molecule has 0 bridgehead atoms. The largest absolute Gasteiger partial charge is 0.493 e. The Labute approximate surface area is 110 Å². The lowest BCUT2D eigenvalue weighted by Crippen LogP contribution is -2.33. The second-order valence-corrected chi connectivity index (χ2v) is 4.86. The summed E-state index contributed by atoms with van der Waals surface area (Å²) < 4.78 is 10.6. The summed E-state index contributed by atoms with van der Waals surface area (Å²) in [6.45, 7) is 6.57. The molecular weight excluding hydrogens is 228 g/mol. The number of ether oxygens (including phenoxy) is 2. The van der Waals surface area contributed by atoms with E-state index in [-0.39, 0.29) is 0 Å². The highest BCUT2D eigenvalue weighted by atomic mass is 16.5. The van der Waals surface area contributed by atoms with Crippen LogP contribution in [0.2, 0.25) is 0 Å². The lowest BCUT2D eigenvalue weighted by Gasteiger charge is -2.31. The normalized spacial score (nSPS) is 12.4. The summed E-state index contributed by atoms with van der Waals surface area (Å²) in [6.07, 6.45) is 0. The zero-order valence-electron chi connectivity index (χ0n) is 12.2. The van der Waals surface area contributed by atoms with Crippen LogP contribution in [0, 0.1) is 5.92 Å². The van der Waals surface area contributed by atoms with E-state index in [9.17, 15) is 0 Å². The molecule has 0 aliphatic heterocycles. The molecule has 1 atom stereocenters. The van der Waals surface area contributed by atoms with E-state index in [0.717, 1.165) is 5.69 Å². The van der Waals surface area contributed by atoms with Gasteiger partial charge in [-0.1, -0.05) is 13.8 Å². The maximum atomic E-state index is 6.08. The summed E-state index contributed by atoms with van der Waals surface area (Å²) in [7, 11) is 5.28. The molecule has 0 aliphatic carbocycles. The molecular formula is C14H24N2O2. The summed E-state index contributed by atoms with van der Waals surface area (Å²) >= 11 is 0. The number of hydrogen-bond donors (Lipinski definition) is 1. The van der Waals surface area contributed by atoms with Crippen LogP contribution >= 0.6 is 0 Å². The number of benzene rings is 1. The molecule has 1 aromatic carbocycles. The van der Waals surface area contributed by atoms with Gasteiger partial charge in [0, 0.05) is 25.2 Å². The predicted octanol–water partition coefficient (Wildman–Crippen LogP) is 2.77. The maximum Gasteiger partial charge on any atom is 0.162 e. The summed E-state index contributed by atoms with van der Waals surface area (Å²) in [5, 5.41) is 0. The molecule has 0 aromatic heterocycles. The Balaban J connectivity index is 3.16. The van der Waals surface area contributed by atoms with Gasteiger partial charge in [0.25, 0.3) is 0 Å². The van der Waals surface area contributed by atoms with Crippen molar-refractivity contribution >= 4 is 11.4 Å². The third kappa shape index (κ3) is 2.81. The highest BCUT2D eigenvalue weighted by Crippen LogP contribution is 2.37. The third-order valence-corrected chi connectivity index (χ3v) is 3.49. The first-order chi connectivity index (χ1) is 8.42. The molecule has 0 saturated carbocycles. The van der Waals surface area contributed by atoms with Gasteiger partial charge in [-0.3, -0.25) is 0 Å². The van der Waals surface area contributed by atoms with Crippen LogP contribution in [-0.2, 0) is 0 Å². The topological polar surface area (TPSA) is 47.7 Å². The molecule has 1 rings (SSSR count). The molecule has 102 valence electrons. The highest BCUT2D eigenvalue weighted by molar-refractivity contribution is 5.73. The first kappa shape index (κ1) is 14.5. The Morgan fingerprint density at radius 2 is 1.56 bits per heavy atom. The van der Waals surface area contributed by atoms with E-state index in [0.29, 0.717) is 29.1 Å². The molecule has 18 heavy (non-hydrogen) atoms. The highest BCUT2D eigenvalue weighted by Gasteiger charge is 2.18. The van der Waals surface area contributed by atoms with Gasteiger partial charge < -0.3 is 20.1 Å². The molecule has 4 nitrogen and oxygen atoms in total. The minimum absolute atomic E-state index is 0.394. The van der Waals surface area contributed by atoms with E-state index in [2.05, 4.69) is 25.7 Å². The Bertz CT molecular complexity index is 405. The first-order valence-electron chi connectivity index (χ1n) is 6.16. The van der Waals surface area contributed by atoms with Crippen LogP contribution in [0.3, 0.4) is 0 Å². The van der Waals surface area contributed by atoms with E-state index in [1.165, 1.54) is 0 Å². The van der Waals surface area contributed by atoms with Gasteiger partial charge >= 0.3 is 0 Å². The number of nitrogens with two attached hydrogens (primary N) is 1. The minimum atomic E-state index is 0.394. The molecule has 0 heterocycles. The molecule has 0 radical (unpaired) electrons. The molecule has 0 amide bonds. The summed E-state index contributed by atoms with van der Waals surface area (Å²) in [5.74, 6) is 1.90. The average molecular weight is 252 g/mol. The van der Waals surface area contributed by atoms with E-state index >= 15 is 0 Å². The van der Waals surface area contributed by atoms with E-state index in [1.807, 2.05) is 13.1 Å². The van der Waals surface area contributed by atoms with E-state index in [4.69, 9.17) is 15.2 Å². The lowest BCUT2D eigenvalue weighted by molar-refractivity contribution is 0.355. The number of hydrogen-bond acceptors (Lipinski definition) is 4. The van der Waals surface area contributed by atoms with Crippen LogP contribution < -0.4 is 20.1 Å². The van der Waals surface area contributed by atoms with Crippen LogP contribution in [0.25, 0.3) is 0 Å². The number of methoxy groups -OCH3 is 2. The molecule has 0 spiro atoms. The SMILES string of the molecule is COc1cc(N)c(N(C)C(C)C(C)C)cc1OC. The summed E-state index contributed by atoms with van der Waals surface area (Å²) in [4.78, 5) is 2.17. The van der Waals surface area contributed by atoms with Crippen molar-refractivity contribution in [2.45, 2.75) is 26.8 Å². The number of rotatable bonds is 5. The predicted molar refractivity (Wildman–Crippen MR) is 76.7 cm³/mol. The van der Waals surface area contributed by atoms with Crippen molar-refractivity contribution in [3.05, 3.63) is 12.1 Å².